The van der Waals surface area contributed by atoms with Gasteiger partial charge < -0.3 is 9.84 Å². The lowest BCUT2D eigenvalue weighted by Gasteiger charge is -2.20. The van der Waals surface area contributed by atoms with Crippen LogP contribution >= 0.6 is 46.4 Å². The van der Waals surface area contributed by atoms with Crippen LogP contribution in [0, 0.1) is 0 Å². The van der Waals surface area contributed by atoms with Gasteiger partial charge in [0, 0.05) is 30.3 Å². The largest absolute Gasteiger partial charge is 0.354 e. The maximum atomic E-state index is 11.3. The molecule has 3 rings (SSSR count). The van der Waals surface area contributed by atoms with Gasteiger partial charge >= 0.3 is 0 Å². The lowest BCUT2D eigenvalue weighted by Crippen LogP contribution is -2.35. The first kappa shape index (κ1) is 19.0. The van der Waals surface area contributed by atoms with Gasteiger partial charge in [-0.05, 0) is 24.3 Å². The molecular weight excluding hydrogens is 420 g/mol. The van der Waals surface area contributed by atoms with Crippen molar-refractivity contribution in [1.29, 1.82) is 0 Å². The number of halogens is 4. The lowest BCUT2D eigenvalue weighted by molar-refractivity contribution is -0.119. The number of nitrogens with zero attached hydrogens (tertiary/aromatic N) is 2. The molecule has 2 heterocycles. The van der Waals surface area contributed by atoms with Crippen LogP contribution in [0.4, 0.5) is 0 Å². The van der Waals surface area contributed by atoms with E-state index in [9.17, 15) is 4.79 Å². The first-order chi connectivity index (χ1) is 12.3. The van der Waals surface area contributed by atoms with E-state index in [2.05, 4.69) is 15.5 Å². The average Bonchev–Trinajstić information content (AvgIpc) is 3.03. The molecule has 1 N–H and O–H groups in total. The number of carbonyl (C=O) groups excluding carboxylic acids is 1. The van der Waals surface area contributed by atoms with Gasteiger partial charge in [-0.2, -0.15) is 0 Å². The molecule has 0 aliphatic carbocycles. The van der Waals surface area contributed by atoms with Crippen LogP contribution in [0.5, 0.6) is 0 Å². The van der Waals surface area contributed by atoms with Gasteiger partial charge in [0.2, 0.25) is 10.4 Å². The molecule has 1 amide bonds. The zero-order valence-corrected chi connectivity index (χ0v) is 16.3. The molecule has 3 aromatic rings. The van der Waals surface area contributed by atoms with Crippen LogP contribution < -0.4 is 5.32 Å². The normalized spacial score (nSPS) is 11.4. The monoisotopic (exact) mass is 429 g/mol. The van der Waals surface area contributed by atoms with E-state index in [0.29, 0.717) is 38.3 Å². The number of rotatable bonds is 4. The predicted molar refractivity (Wildman–Crippen MR) is 102 cm³/mol. The van der Waals surface area contributed by atoms with E-state index in [1.54, 1.807) is 36.4 Å². The summed E-state index contributed by atoms with van der Waals surface area (Å²) in [7, 11) is 0. The van der Waals surface area contributed by atoms with E-state index in [0.717, 1.165) is 0 Å². The Balaban J connectivity index is 1.98. The third-order valence-electron chi connectivity index (χ3n) is 3.44. The molecular formula is C17H11Cl4N3O2. The summed E-state index contributed by atoms with van der Waals surface area (Å²) in [6.45, 7) is 1.32. The van der Waals surface area contributed by atoms with Crippen LogP contribution in [-0.4, -0.2) is 16.0 Å². The van der Waals surface area contributed by atoms with Gasteiger partial charge in [0.25, 0.3) is 0 Å². The highest BCUT2D eigenvalue weighted by Gasteiger charge is 2.28. The summed E-state index contributed by atoms with van der Waals surface area (Å²) in [5, 5.41) is 7.35. The molecule has 1 aromatic carbocycles. The predicted octanol–water partition coefficient (Wildman–Crippen LogP) is 5.43. The standard InChI is InChI=1S/C17H11Cl4N3O2/c1-9(25)23-17(20,21)10-5-6-22-13(7-10)15-8-14(24-26-15)16-11(18)3-2-4-12(16)19/h2-8H,1H3,(H,23,25). The highest BCUT2D eigenvalue weighted by Crippen LogP contribution is 2.36. The Morgan fingerprint density at radius 2 is 1.81 bits per heavy atom. The Kier molecular flexibility index (Phi) is 5.44. The summed E-state index contributed by atoms with van der Waals surface area (Å²) < 4.78 is 3.76. The zero-order chi connectivity index (χ0) is 18.9. The van der Waals surface area contributed by atoms with Crippen molar-refractivity contribution in [1.82, 2.24) is 15.5 Å². The molecule has 9 heteroatoms. The van der Waals surface area contributed by atoms with Crippen molar-refractivity contribution in [3.05, 3.63) is 58.2 Å². The number of carbonyl (C=O) groups is 1. The van der Waals surface area contributed by atoms with Crippen LogP contribution in [0.2, 0.25) is 10.0 Å². The quantitative estimate of drug-likeness (QED) is 0.442. The Morgan fingerprint density at radius 1 is 1.12 bits per heavy atom. The van der Waals surface area contributed by atoms with Gasteiger partial charge in [0.1, 0.15) is 11.4 Å². The number of aromatic nitrogens is 2. The SMILES string of the molecule is CC(=O)NC(Cl)(Cl)c1ccnc(-c2cc(-c3c(Cl)cccc3Cl)no2)c1. The highest BCUT2D eigenvalue weighted by atomic mass is 35.5. The second-order valence-electron chi connectivity index (χ2n) is 5.36. The third-order valence-corrected chi connectivity index (χ3v) is 4.69. The number of pyridine rings is 1. The molecule has 134 valence electrons. The van der Waals surface area contributed by atoms with Crippen molar-refractivity contribution >= 4 is 52.3 Å². The maximum Gasteiger partial charge on any atom is 0.219 e. The zero-order valence-electron chi connectivity index (χ0n) is 13.3. The minimum Gasteiger partial charge on any atom is -0.354 e. The van der Waals surface area contributed by atoms with Gasteiger partial charge in [-0.3, -0.25) is 9.78 Å². The fourth-order valence-corrected chi connectivity index (χ4v) is 3.40. The molecule has 0 spiro atoms. The lowest BCUT2D eigenvalue weighted by atomic mass is 10.1. The first-order valence-corrected chi connectivity index (χ1v) is 8.83. The van der Waals surface area contributed by atoms with Gasteiger partial charge in [0.05, 0.1) is 10.0 Å². The minimum atomic E-state index is -1.60. The van der Waals surface area contributed by atoms with Crippen LogP contribution in [0.15, 0.2) is 47.1 Å². The summed E-state index contributed by atoms with van der Waals surface area (Å²) in [6.07, 6.45) is 1.50. The minimum absolute atomic E-state index is 0.366. The Hall–Kier alpha value is -1.79. The van der Waals surface area contributed by atoms with Crippen molar-refractivity contribution < 1.29 is 9.32 Å². The summed E-state index contributed by atoms with van der Waals surface area (Å²) in [6, 6.07) is 9.98. The highest BCUT2D eigenvalue weighted by molar-refractivity contribution is 6.48. The first-order valence-electron chi connectivity index (χ1n) is 7.32. The second-order valence-corrected chi connectivity index (χ2v) is 7.50. The Labute approximate surface area is 169 Å². The molecule has 0 aliphatic rings. The molecule has 0 saturated heterocycles. The molecule has 0 bridgehead atoms. The molecule has 0 fully saturated rings. The summed E-state index contributed by atoms with van der Waals surface area (Å²) in [5.41, 5.74) is 1.88. The van der Waals surface area contributed by atoms with E-state index < -0.39 is 4.46 Å². The third kappa shape index (κ3) is 3.96. The number of benzene rings is 1. The molecule has 0 radical (unpaired) electrons. The topological polar surface area (TPSA) is 68.0 Å². The van der Waals surface area contributed by atoms with Crippen molar-refractivity contribution in [3.8, 4) is 22.7 Å². The molecule has 0 saturated carbocycles. The van der Waals surface area contributed by atoms with Crippen molar-refractivity contribution in [2.24, 2.45) is 0 Å². The smallest absolute Gasteiger partial charge is 0.219 e. The average molecular weight is 431 g/mol. The molecule has 0 unspecified atom stereocenters. The van der Waals surface area contributed by atoms with Gasteiger partial charge in [-0.1, -0.05) is 57.6 Å². The van der Waals surface area contributed by atoms with Crippen LogP contribution in [-0.2, 0) is 9.25 Å². The Bertz CT molecular complexity index is 952. The van der Waals surface area contributed by atoms with E-state index in [1.807, 2.05) is 0 Å². The fraction of sp³-hybridized carbons (Fsp3) is 0.118. The summed E-state index contributed by atoms with van der Waals surface area (Å²) in [5.74, 6) is -0.00605. The van der Waals surface area contributed by atoms with E-state index in [1.165, 1.54) is 13.1 Å². The van der Waals surface area contributed by atoms with Gasteiger partial charge in [-0.15, -0.1) is 0 Å². The van der Waals surface area contributed by atoms with Crippen LogP contribution in [0.3, 0.4) is 0 Å². The summed E-state index contributed by atoms with van der Waals surface area (Å²) >= 11 is 24.8. The van der Waals surface area contributed by atoms with Crippen molar-refractivity contribution in [2.75, 3.05) is 0 Å². The Morgan fingerprint density at radius 3 is 2.46 bits per heavy atom. The summed E-state index contributed by atoms with van der Waals surface area (Å²) in [4.78, 5) is 15.5. The molecule has 2 aromatic heterocycles. The second kappa shape index (κ2) is 7.45. The van der Waals surface area contributed by atoms with Crippen molar-refractivity contribution in [2.45, 2.75) is 11.4 Å². The molecule has 26 heavy (non-hydrogen) atoms. The number of amides is 1. The van der Waals surface area contributed by atoms with Crippen LogP contribution in [0.25, 0.3) is 22.7 Å². The molecule has 5 nitrogen and oxygen atoms in total. The van der Waals surface area contributed by atoms with E-state index >= 15 is 0 Å². The number of alkyl halides is 2. The number of hydrogen-bond donors (Lipinski definition) is 1. The maximum absolute atomic E-state index is 11.3. The van der Waals surface area contributed by atoms with Gasteiger partial charge in [0.15, 0.2) is 5.76 Å². The van der Waals surface area contributed by atoms with Crippen molar-refractivity contribution in [3.63, 3.8) is 0 Å². The van der Waals surface area contributed by atoms with Crippen LogP contribution in [0.1, 0.15) is 12.5 Å². The number of hydrogen-bond acceptors (Lipinski definition) is 4. The van der Waals surface area contributed by atoms with E-state index in [4.69, 9.17) is 50.9 Å². The molecule has 0 aliphatic heterocycles. The number of nitrogens with one attached hydrogen (secondary N) is 1. The van der Waals surface area contributed by atoms with E-state index in [-0.39, 0.29) is 5.91 Å². The fourth-order valence-electron chi connectivity index (χ4n) is 2.31. The molecule has 0 atom stereocenters. The van der Waals surface area contributed by atoms with Gasteiger partial charge in [-0.25, -0.2) is 0 Å².